The molecule has 1 aromatic heterocycles. The van der Waals surface area contributed by atoms with Crippen LogP contribution in [-0.2, 0) is 7.05 Å². The molecule has 0 spiro atoms. The van der Waals surface area contributed by atoms with Crippen molar-refractivity contribution in [1.29, 1.82) is 0 Å². The molecule has 0 unspecified atom stereocenters. The Labute approximate surface area is 106 Å². The molecule has 0 aliphatic carbocycles. The van der Waals surface area contributed by atoms with Crippen LogP contribution in [0.2, 0.25) is 0 Å². The number of aromatic nitrogens is 1. The molecular formula is C13H17N3S. The molecular weight excluding hydrogens is 230 g/mol. The number of fused-ring (bicyclic) bond motifs is 1. The Kier molecular flexibility index (Phi) is 3.09. The number of nitrogens with zero attached hydrogens (tertiary/aromatic N) is 2. The fraction of sp³-hybridized carbons (Fsp3) is 0.385. The van der Waals surface area contributed by atoms with Gasteiger partial charge in [-0.1, -0.05) is 6.07 Å². The maximum Gasteiger partial charge on any atom is 0.0489 e. The highest BCUT2D eigenvalue weighted by Crippen LogP contribution is 2.30. The summed E-state index contributed by atoms with van der Waals surface area (Å²) in [6.07, 6.45) is 2.13. The number of aryl methyl sites for hydroxylation is 1. The van der Waals surface area contributed by atoms with Crippen molar-refractivity contribution >= 4 is 22.9 Å². The molecule has 0 saturated carbocycles. The smallest absolute Gasteiger partial charge is 0.0489 e. The zero-order valence-electron chi connectivity index (χ0n) is 10.0. The van der Waals surface area contributed by atoms with Crippen LogP contribution in [0.5, 0.6) is 0 Å². The van der Waals surface area contributed by atoms with E-state index in [9.17, 15) is 0 Å². The monoisotopic (exact) mass is 247 g/mol. The molecule has 1 N–H and O–H groups in total. The molecule has 0 amide bonds. The van der Waals surface area contributed by atoms with Crippen molar-refractivity contribution in [1.82, 2.24) is 14.2 Å². The van der Waals surface area contributed by atoms with Gasteiger partial charge in [0, 0.05) is 55.2 Å². The van der Waals surface area contributed by atoms with Crippen molar-refractivity contribution in [3.8, 4) is 0 Å². The van der Waals surface area contributed by atoms with E-state index in [1.807, 2.05) is 11.9 Å². The van der Waals surface area contributed by atoms with Gasteiger partial charge in [-0.25, -0.2) is 4.31 Å². The number of benzene rings is 1. The minimum Gasteiger partial charge on any atom is -0.351 e. The van der Waals surface area contributed by atoms with Gasteiger partial charge in [0.2, 0.25) is 0 Å². The molecule has 2 aromatic rings. The molecule has 3 nitrogen and oxygen atoms in total. The van der Waals surface area contributed by atoms with Gasteiger partial charge >= 0.3 is 0 Å². The summed E-state index contributed by atoms with van der Waals surface area (Å²) in [6.45, 7) is 4.43. The van der Waals surface area contributed by atoms with Gasteiger partial charge in [-0.3, -0.25) is 0 Å². The maximum atomic E-state index is 3.38. The van der Waals surface area contributed by atoms with E-state index in [1.54, 1.807) is 0 Å². The standard InChI is InChI=1S/C13H17N3S/c1-15-8-5-11-12(15)3-2-4-13(11)17-16-9-6-14-7-10-16/h2-5,8,14H,6-7,9-10H2,1H3. The van der Waals surface area contributed by atoms with Crippen LogP contribution in [0.3, 0.4) is 0 Å². The lowest BCUT2D eigenvalue weighted by Gasteiger charge is -2.26. The van der Waals surface area contributed by atoms with Crippen LogP contribution in [0.4, 0.5) is 0 Å². The van der Waals surface area contributed by atoms with Crippen LogP contribution < -0.4 is 5.32 Å². The van der Waals surface area contributed by atoms with Crippen LogP contribution in [-0.4, -0.2) is 35.1 Å². The van der Waals surface area contributed by atoms with Gasteiger partial charge in [0.1, 0.15) is 0 Å². The number of piperazine rings is 1. The molecule has 2 heterocycles. The molecule has 0 radical (unpaired) electrons. The lowest BCUT2D eigenvalue weighted by atomic mass is 10.2. The van der Waals surface area contributed by atoms with Crippen molar-refractivity contribution in [2.75, 3.05) is 26.2 Å². The highest BCUT2D eigenvalue weighted by Gasteiger charge is 2.13. The lowest BCUT2D eigenvalue weighted by molar-refractivity contribution is 0.396. The molecule has 0 bridgehead atoms. The summed E-state index contributed by atoms with van der Waals surface area (Å²) >= 11 is 1.89. The van der Waals surface area contributed by atoms with Crippen LogP contribution in [0, 0.1) is 0 Å². The molecule has 1 aromatic carbocycles. The topological polar surface area (TPSA) is 20.2 Å². The van der Waals surface area contributed by atoms with E-state index in [-0.39, 0.29) is 0 Å². The van der Waals surface area contributed by atoms with Crippen LogP contribution in [0.25, 0.3) is 10.9 Å². The Morgan fingerprint density at radius 3 is 2.82 bits per heavy atom. The van der Waals surface area contributed by atoms with Crippen molar-refractivity contribution in [3.63, 3.8) is 0 Å². The Bertz CT molecular complexity index is 514. The Morgan fingerprint density at radius 2 is 2.00 bits per heavy atom. The highest BCUT2D eigenvalue weighted by atomic mass is 32.2. The fourth-order valence-corrected chi connectivity index (χ4v) is 3.28. The first-order chi connectivity index (χ1) is 8.34. The van der Waals surface area contributed by atoms with Gasteiger partial charge in [-0.2, -0.15) is 0 Å². The highest BCUT2D eigenvalue weighted by molar-refractivity contribution is 7.97. The molecule has 4 heteroatoms. The van der Waals surface area contributed by atoms with E-state index in [1.165, 1.54) is 15.8 Å². The van der Waals surface area contributed by atoms with E-state index in [4.69, 9.17) is 0 Å². The van der Waals surface area contributed by atoms with E-state index < -0.39 is 0 Å². The second-order valence-electron chi connectivity index (χ2n) is 4.39. The quantitative estimate of drug-likeness (QED) is 0.821. The minimum atomic E-state index is 1.10. The SMILES string of the molecule is Cn1ccc2c(SN3CCNCC3)cccc21. The van der Waals surface area contributed by atoms with Crippen LogP contribution in [0.1, 0.15) is 0 Å². The van der Waals surface area contributed by atoms with Crippen molar-refractivity contribution in [2.24, 2.45) is 7.05 Å². The summed E-state index contributed by atoms with van der Waals surface area (Å²) in [5.41, 5.74) is 1.31. The first kappa shape index (κ1) is 11.1. The fourth-order valence-electron chi connectivity index (χ4n) is 2.23. The predicted molar refractivity (Wildman–Crippen MR) is 73.2 cm³/mol. The van der Waals surface area contributed by atoms with E-state index in [0.717, 1.165) is 26.2 Å². The van der Waals surface area contributed by atoms with E-state index >= 15 is 0 Å². The summed E-state index contributed by atoms with van der Waals surface area (Å²) in [6, 6.07) is 8.75. The first-order valence-electron chi connectivity index (χ1n) is 6.02. The molecule has 1 aliphatic heterocycles. The van der Waals surface area contributed by atoms with Crippen molar-refractivity contribution in [3.05, 3.63) is 30.5 Å². The lowest BCUT2D eigenvalue weighted by Crippen LogP contribution is -2.39. The average molecular weight is 247 g/mol. The van der Waals surface area contributed by atoms with Crippen LogP contribution >= 0.6 is 11.9 Å². The number of rotatable bonds is 2. The zero-order chi connectivity index (χ0) is 11.7. The Hall–Kier alpha value is -0.970. The summed E-state index contributed by atoms with van der Waals surface area (Å²) in [5, 5.41) is 4.74. The molecule has 17 heavy (non-hydrogen) atoms. The third kappa shape index (κ3) is 2.20. The van der Waals surface area contributed by atoms with Crippen molar-refractivity contribution < 1.29 is 0 Å². The zero-order valence-corrected chi connectivity index (χ0v) is 10.8. The average Bonchev–Trinajstić information content (AvgIpc) is 2.74. The molecule has 3 rings (SSSR count). The summed E-state index contributed by atoms with van der Waals surface area (Å²) in [7, 11) is 2.10. The first-order valence-corrected chi connectivity index (χ1v) is 6.79. The van der Waals surface area contributed by atoms with Gasteiger partial charge in [0.25, 0.3) is 0 Å². The van der Waals surface area contributed by atoms with Crippen molar-refractivity contribution in [2.45, 2.75) is 4.90 Å². The molecule has 0 atom stereocenters. The largest absolute Gasteiger partial charge is 0.351 e. The van der Waals surface area contributed by atoms with Gasteiger partial charge in [-0.05, 0) is 30.1 Å². The normalized spacial score (nSPS) is 17.7. The molecule has 1 saturated heterocycles. The van der Waals surface area contributed by atoms with E-state index in [0.29, 0.717) is 0 Å². The Balaban J connectivity index is 1.89. The van der Waals surface area contributed by atoms with E-state index in [2.05, 4.69) is 51.7 Å². The van der Waals surface area contributed by atoms with Gasteiger partial charge in [0.15, 0.2) is 0 Å². The number of nitrogens with one attached hydrogen (secondary N) is 1. The van der Waals surface area contributed by atoms with Crippen LogP contribution in [0.15, 0.2) is 35.4 Å². The number of hydrogen-bond donors (Lipinski definition) is 1. The third-order valence-electron chi connectivity index (χ3n) is 3.19. The van der Waals surface area contributed by atoms with Gasteiger partial charge in [0.05, 0.1) is 0 Å². The summed E-state index contributed by atoms with van der Waals surface area (Å²) in [5.74, 6) is 0. The minimum absolute atomic E-state index is 1.10. The summed E-state index contributed by atoms with van der Waals surface area (Å²) < 4.78 is 4.62. The van der Waals surface area contributed by atoms with Gasteiger partial charge < -0.3 is 9.88 Å². The Morgan fingerprint density at radius 1 is 1.18 bits per heavy atom. The molecule has 90 valence electrons. The second-order valence-corrected chi connectivity index (χ2v) is 5.52. The second kappa shape index (κ2) is 4.72. The molecule has 1 fully saturated rings. The molecule has 1 aliphatic rings. The summed E-state index contributed by atoms with van der Waals surface area (Å²) in [4.78, 5) is 1.37. The predicted octanol–water partition coefficient (Wildman–Crippen LogP) is 2.09. The third-order valence-corrected chi connectivity index (χ3v) is 4.37. The number of hydrogen-bond acceptors (Lipinski definition) is 3. The maximum absolute atomic E-state index is 3.38. The van der Waals surface area contributed by atoms with Gasteiger partial charge in [-0.15, -0.1) is 0 Å².